The van der Waals surface area contributed by atoms with Gasteiger partial charge in [0, 0.05) is 17.2 Å². The Bertz CT molecular complexity index is 818. The van der Waals surface area contributed by atoms with Crippen molar-refractivity contribution in [3.63, 3.8) is 0 Å². The SMILES string of the molecule is C[C@H](CCc1ccc(C(=O)CCCCc2ccccc2)s1)C(N)OC(=O)C(=O)O. The fourth-order valence-electron chi connectivity index (χ4n) is 2.87. The molecule has 0 aliphatic heterocycles. The number of Topliss-reactive ketones (excluding diaryl/α,β-unsaturated/α-hetero) is 1. The van der Waals surface area contributed by atoms with E-state index in [2.05, 4.69) is 16.9 Å². The molecule has 1 unspecified atom stereocenters. The van der Waals surface area contributed by atoms with Crippen LogP contribution in [-0.4, -0.2) is 29.1 Å². The smallest absolute Gasteiger partial charge is 0.418 e. The van der Waals surface area contributed by atoms with Crippen LogP contribution >= 0.6 is 11.3 Å². The fraction of sp³-hybridized carbons (Fsp3) is 0.409. The molecule has 0 saturated carbocycles. The number of nitrogens with two attached hydrogens (primary N) is 1. The maximum absolute atomic E-state index is 12.4. The van der Waals surface area contributed by atoms with Gasteiger partial charge in [-0.25, -0.2) is 9.59 Å². The molecule has 7 heteroatoms. The zero-order valence-corrected chi connectivity index (χ0v) is 17.3. The van der Waals surface area contributed by atoms with Gasteiger partial charge in [-0.2, -0.15) is 0 Å². The third kappa shape index (κ3) is 7.79. The van der Waals surface area contributed by atoms with Gasteiger partial charge < -0.3 is 9.84 Å². The Labute approximate surface area is 174 Å². The van der Waals surface area contributed by atoms with E-state index in [-0.39, 0.29) is 11.7 Å². The number of rotatable bonds is 11. The number of carboxylic acids is 1. The van der Waals surface area contributed by atoms with Crippen LogP contribution in [0.4, 0.5) is 0 Å². The Morgan fingerprint density at radius 2 is 1.79 bits per heavy atom. The van der Waals surface area contributed by atoms with Crippen molar-refractivity contribution in [3.05, 3.63) is 57.8 Å². The first kappa shape index (κ1) is 22.8. The molecule has 3 N–H and O–H groups in total. The van der Waals surface area contributed by atoms with Crippen molar-refractivity contribution in [3.8, 4) is 0 Å². The number of carboxylic acid groups (broad SMARTS) is 1. The summed E-state index contributed by atoms with van der Waals surface area (Å²) in [6.45, 7) is 1.80. The van der Waals surface area contributed by atoms with Crippen molar-refractivity contribution < 1.29 is 24.2 Å². The van der Waals surface area contributed by atoms with Gasteiger partial charge in [-0.05, 0) is 49.8 Å². The minimum absolute atomic E-state index is 0.162. The van der Waals surface area contributed by atoms with Crippen molar-refractivity contribution in [2.45, 2.75) is 51.7 Å². The molecular formula is C22H27NO5S. The topological polar surface area (TPSA) is 107 Å². The lowest BCUT2D eigenvalue weighted by Crippen LogP contribution is -2.36. The second-order valence-corrected chi connectivity index (χ2v) is 8.24. The van der Waals surface area contributed by atoms with Gasteiger partial charge in [0.25, 0.3) is 0 Å². The summed E-state index contributed by atoms with van der Waals surface area (Å²) in [5.74, 6) is -3.04. The molecule has 2 aromatic rings. The number of aliphatic carboxylic acids is 1. The lowest BCUT2D eigenvalue weighted by molar-refractivity contribution is -0.168. The molecule has 0 fully saturated rings. The van der Waals surface area contributed by atoms with E-state index in [4.69, 9.17) is 10.8 Å². The van der Waals surface area contributed by atoms with Gasteiger partial charge in [0.2, 0.25) is 0 Å². The van der Waals surface area contributed by atoms with E-state index in [9.17, 15) is 14.4 Å². The molecule has 0 radical (unpaired) electrons. The summed E-state index contributed by atoms with van der Waals surface area (Å²) >= 11 is 1.48. The van der Waals surface area contributed by atoms with Crippen LogP contribution in [0.5, 0.6) is 0 Å². The normalized spacial score (nSPS) is 12.9. The van der Waals surface area contributed by atoms with Crippen molar-refractivity contribution in [1.82, 2.24) is 0 Å². The van der Waals surface area contributed by atoms with Crippen LogP contribution in [-0.2, 0) is 27.2 Å². The van der Waals surface area contributed by atoms with Gasteiger partial charge in [0.1, 0.15) is 0 Å². The van der Waals surface area contributed by atoms with E-state index in [0.29, 0.717) is 19.3 Å². The molecule has 1 aromatic heterocycles. The van der Waals surface area contributed by atoms with Crippen LogP contribution in [0.1, 0.15) is 52.7 Å². The van der Waals surface area contributed by atoms with Crippen LogP contribution in [0.2, 0.25) is 0 Å². The Morgan fingerprint density at radius 1 is 1.07 bits per heavy atom. The lowest BCUT2D eigenvalue weighted by Gasteiger charge is -2.18. The molecule has 2 rings (SSSR count). The van der Waals surface area contributed by atoms with Crippen LogP contribution in [0.3, 0.4) is 0 Å². The van der Waals surface area contributed by atoms with Gasteiger partial charge >= 0.3 is 11.9 Å². The summed E-state index contributed by atoms with van der Waals surface area (Å²) < 4.78 is 4.68. The molecule has 0 bridgehead atoms. The Morgan fingerprint density at radius 3 is 2.48 bits per heavy atom. The second kappa shape index (κ2) is 11.5. The maximum Gasteiger partial charge on any atom is 0.418 e. The molecule has 2 atom stereocenters. The largest absolute Gasteiger partial charge is 0.473 e. The molecule has 0 aliphatic carbocycles. The highest BCUT2D eigenvalue weighted by molar-refractivity contribution is 7.14. The average molecular weight is 418 g/mol. The summed E-state index contributed by atoms with van der Waals surface area (Å²) in [6.07, 6.45) is 3.71. The van der Waals surface area contributed by atoms with Crippen LogP contribution in [0, 0.1) is 5.92 Å². The predicted octanol–water partition coefficient (Wildman–Crippen LogP) is 3.83. The van der Waals surface area contributed by atoms with Crippen LogP contribution < -0.4 is 5.73 Å². The summed E-state index contributed by atoms with van der Waals surface area (Å²) in [6, 6.07) is 14.0. The molecule has 6 nitrogen and oxygen atoms in total. The molecule has 156 valence electrons. The zero-order valence-electron chi connectivity index (χ0n) is 16.5. The number of benzene rings is 1. The fourth-order valence-corrected chi connectivity index (χ4v) is 3.86. The van der Waals surface area contributed by atoms with Crippen LogP contribution in [0.15, 0.2) is 42.5 Å². The van der Waals surface area contributed by atoms with E-state index in [1.54, 1.807) is 6.92 Å². The summed E-state index contributed by atoms with van der Waals surface area (Å²) in [4.78, 5) is 35.8. The van der Waals surface area contributed by atoms with Crippen LogP contribution in [0.25, 0.3) is 0 Å². The standard InChI is InChI=1S/C22H27NO5S/c1-15(20(23)28-22(27)21(25)26)11-12-17-13-14-19(29-17)18(24)10-6-5-9-16-7-3-2-4-8-16/h2-4,7-8,13-15,20H,5-6,9-12,23H2,1H3,(H,25,26)/t15-,20?/m1/s1. The number of ketones is 1. The third-order valence-corrected chi connectivity index (χ3v) is 5.91. The number of carbonyl (C=O) groups is 3. The van der Waals surface area contributed by atoms with E-state index < -0.39 is 18.2 Å². The van der Waals surface area contributed by atoms with E-state index in [1.165, 1.54) is 16.9 Å². The summed E-state index contributed by atoms with van der Waals surface area (Å²) in [5.41, 5.74) is 7.02. The monoisotopic (exact) mass is 417 g/mol. The minimum atomic E-state index is -1.65. The van der Waals surface area contributed by atoms with E-state index in [0.717, 1.165) is 29.0 Å². The quantitative estimate of drug-likeness (QED) is 0.189. The van der Waals surface area contributed by atoms with Gasteiger partial charge in [-0.1, -0.05) is 37.3 Å². The highest BCUT2D eigenvalue weighted by atomic mass is 32.1. The number of thiophene rings is 1. The Kier molecular flexibility index (Phi) is 9.02. The molecular weight excluding hydrogens is 390 g/mol. The highest BCUT2D eigenvalue weighted by Crippen LogP contribution is 2.23. The number of hydrogen-bond donors (Lipinski definition) is 2. The van der Waals surface area contributed by atoms with Crippen molar-refractivity contribution >= 4 is 29.1 Å². The third-order valence-electron chi connectivity index (χ3n) is 4.72. The highest BCUT2D eigenvalue weighted by Gasteiger charge is 2.22. The van der Waals surface area contributed by atoms with E-state index in [1.807, 2.05) is 30.3 Å². The predicted molar refractivity (Wildman–Crippen MR) is 112 cm³/mol. The first-order valence-corrected chi connectivity index (χ1v) is 10.5. The zero-order chi connectivity index (χ0) is 21.2. The molecule has 1 aromatic carbocycles. The van der Waals surface area contributed by atoms with Crippen molar-refractivity contribution in [2.75, 3.05) is 0 Å². The van der Waals surface area contributed by atoms with Gasteiger partial charge in [0.05, 0.1) is 4.88 Å². The minimum Gasteiger partial charge on any atom is -0.473 e. The number of hydrogen-bond acceptors (Lipinski definition) is 6. The van der Waals surface area contributed by atoms with Crippen molar-refractivity contribution in [1.29, 1.82) is 0 Å². The maximum atomic E-state index is 12.4. The van der Waals surface area contributed by atoms with Gasteiger partial charge in [-0.15, -0.1) is 11.3 Å². The van der Waals surface area contributed by atoms with E-state index >= 15 is 0 Å². The second-order valence-electron chi connectivity index (χ2n) is 7.07. The molecule has 29 heavy (non-hydrogen) atoms. The average Bonchev–Trinajstić information content (AvgIpc) is 3.19. The molecule has 0 aliphatic rings. The molecule has 0 saturated heterocycles. The van der Waals surface area contributed by atoms with Gasteiger partial charge in [0.15, 0.2) is 12.0 Å². The molecule has 1 heterocycles. The number of aryl methyl sites for hydroxylation is 2. The van der Waals surface area contributed by atoms with Crippen molar-refractivity contribution in [2.24, 2.45) is 11.7 Å². The number of carbonyl (C=O) groups excluding carboxylic acids is 2. The Hall–Kier alpha value is -2.51. The lowest BCUT2D eigenvalue weighted by atomic mass is 10.0. The number of ether oxygens (including phenoxy) is 1. The number of esters is 1. The molecule has 0 amide bonds. The first-order chi connectivity index (χ1) is 13.9. The Balaban J connectivity index is 1.71. The molecule has 0 spiro atoms. The number of unbranched alkanes of at least 4 members (excludes halogenated alkanes) is 1. The van der Waals surface area contributed by atoms with Gasteiger partial charge in [-0.3, -0.25) is 10.5 Å². The first-order valence-electron chi connectivity index (χ1n) is 9.72. The summed E-state index contributed by atoms with van der Waals surface area (Å²) in [5, 5.41) is 8.55. The summed E-state index contributed by atoms with van der Waals surface area (Å²) in [7, 11) is 0.